The fraction of sp³-hybridized carbons (Fsp3) is 0.0909. The molecule has 0 aromatic carbocycles. The van der Waals surface area contributed by atoms with Gasteiger partial charge in [0.2, 0.25) is 0 Å². The summed E-state index contributed by atoms with van der Waals surface area (Å²) in [4.78, 5) is 6.83. The minimum Gasteiger partial charge on any atom is -0.248 e. The highest BCUT2D eigenvalue weighted by Gasteiger charge is 2.11. The molecule has 16 heavy (non-hydrogen) atoms. The van der Waals surface area contributed by atoms with Crippen LogP contribution in [0.25, 0.3) is 21.4 Å². The molecule has 0 aliphatic carbocycles. The summed E-state index contributed by atoms with van der Waals surface area (Å²) >= 11 is 3.34. The lowest BCUT2D eigenvalue weighted by Gasteiger charge is -1.92. The second-order valence-corrected chi connectivity index (χ2v) is 5.23. The molecule has 0 saturated carbocycles. The van der Waals surface area contributed by atoms with E-state index in [9.17, 15) is 0 Å². The van der Waals surface area contributed by atoms with E-state index < -0.39 is 0 Å². The van der Waals surface area contributed by atoms with Crippen LogP contribution >= 0.6 is 22.7 Å². The molecule has 0 spiro atoms. The van der Waals surface area contributed by atoms with Crippen molar-refractivity contribution in [3.05, 3.63) is 35.0 Å². The molecular formula is C11H9N3S2. The van der Waals surface area contributed by atoms with Crippen LogP contribution in [-0.4, -0.2) is 14.8 Å². The van der Waals surface area contributed by atoms with Crippen molar-refractivity contribution in [2.24, 2.45) is 7.05 Å². The average molecular weight is 247 g/mol. The predicted molar refractivity (Wildman–Crippen MR) is 67.6 cm³/mol. The first kappa shape index (κ1) is 9.74. The number of hydrogen-bond acceptors (Lipinski definition) is 4. The first-order valence-electron chi connectivity index (χ1n) is 4.83. The van der Waals surface area contributed by atoms with E-state index in [-0.39, 0.29) is 0 Å². The normalized spacial score (nSPS) is 10.8. The lowest BCUT2D eigenvalue weighted by molar-refractivity contribution is 0.779. The molecule has 0 bridgehead atoms. The van der Waals surface area contributed by atoms with Crippen LogP contribution in [0.15, 0.2) is 35.0 Å². The Morgan fingerprint density at radius 2 is 1.75 bits per heavy atom. The summed E-state index contributed by atoms with van der Waals surface area (Å²) < 4.78 is 1.83. The molecule has 0 N–H and O–H groups in total. The van der Waals surface area contributed by atoms with E-state index in [1.807, 2.05) is 35.3 Å². The van der Waals surface area contributed by atoms with Crippen molar-refractivity contribution in [1.82, 2.24) is 14.8 Å². The summed E-state index contributed by atoms with van der Waals surface area (Å²) in [6.45, 7) is 0. The van der Waals surface area contributed by atoms with E-state index in [4.69, 9.17) is 0 Å². The summed E-state index contributed by atoms with van der Waals surface area (Å²) in [5.41, 5.74) is 0. The maximum absolute atomic E-state index is 4.57. The summed E-state index contributed by atoms with van der Waals surface area (Å²) in [7, 11) is 1.93. The molecule has 0 atom stereocenters. The fourth-order valence-corrected chi connectivity index (χ4v) is 2.91. The molecule has 3 rings (SSSR count). The Morgan fingerprint density at radius 3 is 2.38 bits per heavy atom. The highest BCUT2D eigenvalue weighted by atomic mass is 32.1. The van der Waals surface area contributed by atoms with E-state index in [2.05, 4.69) is 21.5 Å². The van der Waals surface area contributed by atoms with E-state index in [1.165, 1.54) is 0 Å². The lowest BCUT2D eigenvalue weighted by atomic mass is 10.4. The van der Waals surface area contributed by atoms with Crippen LogP contribution in [0.2, 0.25) is 0 Å². The van der Waals surface area contributed by atoms with Crippen LogP contribution in [0, 0.1) is 0 Å². The van der Waals surface area contributed by atoms with Crippen molar-refractivity contribution in [1.29, 1.82) is 0 Å². The number of rotatable bonds is 2. The Bertz CT molecular complexity index is 579. The van der Waals surface area contributed by atoms with E-state index in [0.717, 1.165) is 21.4 Å². The zero-order valence-electron chi connectivity index (χ0n) is 8.62. The standard InChI is InChI=1S/C11H9N3S2/c1-14-11(9-5-3-7-16-9)12-10(13-14)8-4-2-6-15-8/h2-7H,1H3. The van der Waals surface area contributed by atoms with Crippen molar-refractivity contribution in [2.75, 3.05) is 0 Å². The first-order chi connectivity index (χ1) is 7.84. The van der Waals surface area contributed by atoms with Crippen LogP contribution in [0.3, 0.4) is 0 Å². The van der Waals surface area contributed by atoms with Gasteiger partial charge in [-0.05, 0) is 22.9 Å². The molecule has 0 unspecified atom stereocenters. The molecule has 0 fully saturated rings. The second-order valence-electron chi connectivity index (χ2n) is 3.34. The minimum absolute atomic E-state index is 0.806. The van der Waals surface area contributed by atoms with Crippen molar-refractivity contribution in [3.8, 4) is 21.4 Å². The molecule has 3 nitrogen and oxygen atoms in total. The van der Waals surface area contributed by atoms with Crippen LogP contribution in [0.1, 0.15) is 0 Å². The molecule has 3 heterocycles. The molecular weight excluding hydrogens is 238 g/mol. The summed E-state index contributed by atoms with van der Waals surface area (Å²) in [5.74, 6) is 1.74. The van der Waals surface area contributed by atoms with Gasteiger partial charge in [-0.3, -0.25) is 0 Å². The van der Waals surface area contributed by atoms with Gasteiger partial charge in [0.25, 0.3) is 0 Å². The Hall–Kier alpha value is -1.46. The maximum atomic E-state index is 4.57. The molecule has 0 radical (unpaired) electrons. The first-order valence-corrected chi connectivity index (χ1v) is 6.59. The Labute approximate surface area is 101 Å². The molecule has 0 amide bonds. The second kappa shape index (κ2) is 3.84. The van der Waals surface area contributed by atoms with Gasteiger partial charge in [-0.2, -0.15) is 0 Å². The van der Waals surface area contributed by atoms with Gasteiger partial charge < -0.3 is 0 Å². The summed E-state index contributed by atoms with van der Waals surface area (Å²) in [6, 6.07) is 8.14. The van der Waals surface area contributed by atoms with Crippen molar-refractivity contribution < 1.29 is 0 Å². The zero-order chi connectivity index (χ0) is 11.0. The largest absolute Gasteiger partial charge is 0.248 e. The third-order valence-corrected chi connectivity index (χ3v) is 3.98. The number of aryl methyl sites for hydroxylation is 1. The van der Waals surface area contributed by atoms with Crippen molar-refractivity contribution in [3.63, 3.8) is 0 Å². The quantitative estimate of drug-likeness (QED) is 0.696. The molecule has 0 saturated heterocycles. The smallest absolute Gasteiger partial charge is 0.191 e. The van der Waals surface area contributed by atoms with Gasteiger partial charge in [0, 0.05) is 7.05 Å². The molecule has 0 aliphatic rings. The van der Waals surface area contributed by atoms with Crippen molar-refractivity contribution in [2.45, 2.75) is 0 Å². The SMILES string of the molecule is Cn1nc(-c2cccs2)nc1-c1cccs1. The highest BCUT2D eigenvalue weighted by molar-refractivity contribution is 7.13. The Kier molecular flexibility index (Phi) is 2.34. The van der Waals surface area contributed by atoms with E-state index >= 15 is 0 Å². The Balaban J connectivity index is 2.09. The monoisotopic (exact) mass is 247 g/mol. The van der Waals surface area contributed by atoms with E-state index in [1.54, 1.807) is 22.7 Å². The molecule has 3 aromatic heterocycles. The van der Waals surface area contributed by atoms with Gasteiger partial charge in [-0.1, -0.05) is 12.1 Å². The third kappa shape index (κ3) is 1.58. The zero-order valence-corrected chi connectivity index (χ0v) is 10.3. The van der Waals surface area contributed by atoms with Gasteiger partial charge in [-0.25, -0.2) is 9.67 Å². The fourth-order valence-electron chi connectivity index (χ4n) is 1.52. The predicted octanol–water partition coefficient (Wildman–Crippen LogP) is 3.27. The Morgan fingerprint density at radius 1 is 1.06 bits per heavy atom. The third-order valence-electron chi connectivity index (χ3n) is 2.25. The minimum atomic E-state index is 0.806. The number of thiophene rings is 2. The van der Waals surface area contributed by atoms with Gasteiger partial charge in [0.1, 0.15) is 0 Å². The van der Waals surface area contributed by atoms with Crippen molar-refractivity contribution >= 4 is 22.7 Å². The molecule has 80 valence electrons. The lowest BCUT2D eigenvalue weighted by Crippen LogP contribution is -1.92. The van der Waals surface area contributed by atoms with Gasteiger partial charge in [-0.15, -0.1) is 27.8 Å². The van der Waals surface area contributed by atoms with E-state index in [0.29, 0.717) is 0 Å². The van der Waals surface area contributed by atoms with Gasteiger partial charge in [0.05, 0.1) is 9.75 Å². The van der Waals surface area contributed by atoms with Gasteiger partial charge in [0.15, 0.2) is 11.6 Å². The summed E-state index contributed by atoms with van der Waals surface area (Å²) in [6.07, 6.45) is 0. The topological polar surface area (TPSA) is 30.7 Å². The maximum Gasteiger partial charge on any atom is 0.191 e. The summed E-state index contributed by atoms with van der Waals surface area (Å²) in [5, 5.41) is 8.52. The van der Waals surface area contributed by atoms with Crippen LogP contribution < -0.4 is 0 Å². The molecule has 3 aromatic rings. The number of hydrogen-bond donors (Lipinski definition) is 0. The van der Waals surface area contributed by atoms with Crippen LogP contribution in [-0.2, 0) is 7.05 Å². The van der Waals surface area contributed by atoms with Crippen LogP contribution in [0.5, 0.6) is 0 Å². The highest BCUT2D eigenvalue weighted by Crippen LogP contribution is 2.27. The molecule has 5 heteroatoms. The van der Waals surface area contributed by atoms with Gasteiger partial charge >= 0.3 is 0 Å². The number of nitrogens with zero attached hydrogens (tertiary/aromatic N) is 3. The average Bonchev–Trinajstić information content (AvgIpc) is 2.97. The van der Waals surface area contributed by atoms with Crippen LogP contribution in [0.4, 0.5) is 0 Å². The molecule has 0 aliphatic heterocycles. The number of aromatic nitrogens is 3.